The van der Waals surface area contributed by atoms with Crippen LogP contribution in [0.4, 0.5) is 5.82 Å². The van der Waals surface area contributed by atoms with Gasteiger partial charge in [-0.3, -0.25) is 4.57 Å². The van der Waals surface area contributed by atoms with Crippen molar-refractivity contribution in [2.24, 2.45) is 0 Å². The Labute approximate surface area is 161 Å². The van der Waals surface area contributed by atoms with E-state index in [1.54, 1.807) is 22.7 Å². The molecule has 2 saturated heterocycles. The molecular weight excluding hydrogens is 370 g/mol. The maximum atomic E-state index is 10.5. The van der Waals surface area contributed by atoms with Crippen LogP contribution in [-0.4, -0.2) is 78.3 Å². The van der Waals surface area contributed by atoms with Crippen LogP contribution in [0.1, 0.15) is 26.5 Å². The summed E-state index contributed by atoms with van der Waals surface area (Å²) < 4.78 is 13.0. The third-order valence-corrected chi connectivity index (χ3v) is 6.02. The first-order valence-corrected chi connectivity index (χ1v) is 10.2. The maximum absolute atomic E-state index is 10.5. The molecule has 2 aromatic heterocycles. The smallest absolute Gasteiger partial charge is 0.167 e. The minimum atomic E-state index is -1.05. The summed E-state index contributed by atoms with van der Waals surface area (Å²) in [5, 5.41) is 24.7. The zero-order valence-corrected chi connectivity index (χ0v) is 16.2. The van der Waals surface area contributed by atoms with Crippen molar-refractivity contribution in [3.05, 3.63) is 12.7 Å². The fourth-order valence-corrected chi connectivity index (χ4v) is 4.22. The SMILES string of the molecule is CC(C)SC[C@H]1OC(n2cnc3c(N[C@@H]4CCOC4)ncnc32)[C@H](O)[C@@H]1O. The minimum Gasteiger partial charge on any atom is -0.387 e. The number of aromatic nitrogens is 4. The zero-order chi connectivity index (χ0) is 19.0. The van der Waals surface area contributed by atoms with Crippen LogP contribution in [0, 0.1) is 0 Å². The van der Waals surface area contributed by atoms with Crippen molar-refractivity contribution in [2.45, 2.75) is 56.1 Å². The van der Waals surface area contributed by atoms with Crippen LogP contribution in [0.2, 0.25) is 0 Å². The number of anilines is 1. The second-order valence-corrected chi connectivity index (χ2v) is 8.79. The summed E-state index contributed by atoms with van der Waals surface area (Å²) in [6.45, 7) is 5.54. The number of fused-ring (bicyclic) bond motifs is 1. The highest BCUT2D eigenvalue weighted by atomic mass is 32.2. The molecule has 10 heteroatoms. The van der Waals surface area contributed by atoms with Gasteiger partial charge in [0.2, 0.25) is 0 Å². The first-order chi connectivity index (χ1) is 13.0. The van der Waals surface area contributed by atoms with E-state index in [9.17, 15) is 10.2 Å². The fraction of sp³-hybridized carbons (Fsp3) is 0.706. The number of thioether (sulfide) groups is 1. The molecule has 2 aliphatic heterocycles. The summed E-state index contributed by atoms with van der Waals surface area (Å²) in [4.78, 5) is 13.0. The standard InChI is InChI=1S/C17H25N5O4S/c1-9(2)27-6-11-13(23)14(24)17(26-11)22-8-20-12-15(18-7-19-16(12)22)21-10-3-4-25-5-10/h7-11,13-14,17,23-24H,3-6H2,1-2H3,(H,18,19,21)/t10-,11-,13-,14-,17?/m1/s1. The lowest BCUT2D eigenvalue weighted by molar-refractivity contribution is -0.0289. The Kier molecular flexibility index (Phi) is 5.51. The van der Waals surface area contributed by atoms with Crippen molar-refractivity contribution < 1.29 is 19.7 Å². The molecule has 9 nitrogen and oxygen atoms in total. The van der Waals surface area contributed by atoms with Crippen LogP contribution in [0.15, 0.2) is 12.7 Å². The summed E-state index contributed by atoms with van der Waals surface area (Å²) in [6, 6.07) is 0.195. The molecule has 0 bridgehead atoms. The van der Waals surface area contributed by atoms with Crippen molar-refractivity contribution in [1.29, 1.82) is 0 Å². The van der Waals surface area contributed by atoms with Gasteiger partial charge in [0.25, 0.3) is 0 Å². The van der Waals surface area contributed by atoms with Crippen LogP contribution in [-0.2, 0) is 9.47 Å². The van der Waals surface area contributed by atoms with E-state index < -0.39 is 24.5 Å². The molecular formula is C17H25N5O4S. The predicted molar refractivity (Wildman–Crippen MR) is 102 cm³/mol. The van der Waals surface area contributed by atoms with E-state index in [1.807, 2.05) is 0 Å². The van der Waals surface area contributed by atoms with Crippen LogP contribution >= 0.6 is 11.8 Å². The Morgan fingerprint density at radius 3 is 2.89 bits per heavy atom. The normalized spacial score (nSPS) is 31.2. The van der Waals surface area contributed by atoms with E-state index in [1.165, 1.54) is 6.33 Å². The number of nitrogens with one attached hydrogen (secondary N) is 1. The number of ether oxygens (including phenoxy) is 2. The van der Waals surface area contributed by atoms with Crippen molar-refractivity contribution in [1.82, 2.24) is 19.5 Å². The number of rotatable bonds is 6. The van der Waals surface area contributed by atoms with Gasteiger partial charge in [0.1, 0.15) is 18.5 Å². The van der Waals surface area contributed by atoms with E-state index in [-0.39, 0.29) is 6.04 Å². The van der Waals surface area contributed by atoms with E-state index >= 15 is 0 Å². The number of hydrogen-bond acceptors (Lipinski definition) is 9. The van der Waals surface area contributed by atoms with Crippen molar-refractivity contribution in [2.75, 3.05) is 24.3 Å². The molecule has 0 saturated carbocycles. The monoisotopic (exact) mass is 395 g/mol. The Morgan fingerprint density at radius 2 is 2.15 bits per heavy atom. The summed E-state index contributed by atoms with van der Waals surface area (Å²) in [7, 11) is 0. The number of aliphatic hydroxyl groups is 2. The van der Waals surface area contributed by atoms with Gasteiger partial charge in [-0.2, -0.15) is 11.8 Å². The van der Waals surface area contributed by atoms with Gasteiger partial charge >= 0.3 is 0 Å². The molecule has 0 spiro atoms. The van der Waals surface area contributed by atoms with E-state index in [0.29, 0.717) is 34.6 Å². The first kappa shape index (κ1) is 18.9. The lowest BCUT2D eigenvalue weighted by atomic mass is 10.1. The second-order valence-electron chi connectivity index (χ2n) is 7.18. The summed E-state index contributed by atoms with van der Waals surface area (Å²) in [5.74, 6) is 1.25. The van der Waals surface area contributed by atoms with Crippen molar-refractivity contribution in [3.8, 4) is 0 Å². The third-order valence-electron chi connectivity index (χ3n) is 4.83. The summed E-state index contributed by atoms with van der Waals surface area (Å²) in [5.41, 5.74) is 1.16. The Bertz CT molecular complexity index is 782. The molecule has 27 heavy (non-hydrogen) atoms. The molecule has 0 radical (unpaired) electrons. The molecule has 4 heterocycles. The first-order valence-electron chi connectivity index (χ1n) is 9.19. The molecule has 3 N–H and O–H groups in total. The van der Waals surface area contributed by atoms with Crippen molar-refractivity contribution >= 4 is 28.7 Å². The molecule has 2 fully saturated rings. The molecule has 4 rings (SSSR count). The lowest BCUT2D eigenvalue weighted by Gasteiger charge is -2.17. The van der Waals surface area contributed by atoms with Gasteiger partial charge in [0, 0.05) is 12.4 Å². The Hall–Kier alpha value is -1.46. The molecule has 0 amide bonds. The fourth-order valence-electron chi connectivity index (χ4n) is 3.37. The van der Waals surface area contributed by atoms with Gasteiger partial charge in [-0.05, 0) is 11.7 Å². The van der Waals surface area contributed by atoms with Crippen LogP contribution in [0.5, 0.6) is 0 Å². The molecule has 0 aliphatic carbocycles. The van der Waals surface area contributed by atoms with Crippen molar-refractivity contribution in [3.63, 3.8) is 0 Å². The highest BCUT2D eigenvalue weighted by Gasteiger charge is 2.44. The predicted octanol–water partition coefficient (Wildman–Crippen LogP) is 0.788. The maximum Gasteiger partial charge on any atom is 0.167 e. The average molecular weight is 395 g/mol. The van der Waals surface area contributed by atoms with Gasteiger partial charge in [0.05, 0.1) is 25.1 Å². The highest BCUT2D eigenvalue weighted by Crippen LogP contribution is 2.34. The van der Waals surface area contributed by atoms with E-state index in [0.717, 1.165) is 13.0 Å². The quantitative estimate of drug-likeness (QED) is 0.653. The topological polar surface area (TPSA) is 115 Å². The largest absolute Gasteiger partial charge is 0.387 e. The third kappa shape index (κ3) is 3.77. The molecule has 148 valence electrons. The van der Waals surface area contributed by atoms with Crippen LogP contribution in [0.3, 0.4) is 0 Å². The minimum absolute atomic E-state index is 0.195. The van der Waals surface area contributed by atoms with Crippen LogP contribution < -0.4 is 5.32 Å². The summed E-state index contributed by atoms with van der Waals surface area (Å²) in [6.07, 6.45) is 0.781. The molecule has 5 atom stereocenters. The van der Waals surface area contributed by atoms with Crippen LogP contribution in [0.25, 0.3) is 11.2 Å². The zero-order valence-electron chi connectivity index (χ0n) is 15.4. The average Bonchev–Trinajstić information content (AvgIpc) is 3.36. The number of nitrogens with zero attached hydrogens (tertiary/aromatic N) is 4. The Balaban J connectivity index is 1.56. The van der Waals surface area contributed by atoms with Gasteiger partial charge < -0.3 is 25.0 Å². The molecule has 2 aliphatic rings. The van der Waals surface area contributed by atoms with E-state index in [4.69, 9.17) is 9.47 Å². The van der Waals surface area contributed by atoms with Gasteiger partial charge in [-0.25, -0.2) is 15.0 Å². The molecule has 0 aromatic carbocycles. The highest BCUT2D eigenvalue weighted by molar-refractivity contribution is 7.99. The second kappa shape index (κ2) is 7.88. The number of aliphatic hydroxyl groups excluding tert-OH is 2. The van der Waals surface area contributed by atoms with E-state index in [2.05, 4.69) is 34.1 Å². The number of imidazole rings is 1. The van der Waals surface area contributed by atoms with Gasteiger partial charge in [-0.15, -0.1) is 0 Å². The molecule has 2 aromatic rings. The lowest BCUT2D eigenvalue weighted by Crippen LogP contribution is -2.32. The van der Waals surface area contributed by atoms with Gasteiger partial charge in [0.15, 0.2) is 23.2 Å². The Morgan fingerprint density at radius 1 is 1.30 bits per heavy atom. The van der Waals surface area contributed by atoms with Gasteiger partial charge in [-0.1, -0.05) is 13.8 Å². The molecule has 1 unspecified atom stereocenters. The summed E-state index contributed by atoms with van der Waals surface area (Å²) >= 11 is 1.69. The number of hydrogen-bond donors (Lipinski definition) is 3.